The highest BCUT2D eigenvalue weighted by molar-refractivity contribution is 7.90. The van der Waals surface area contributed by atoms with Gasteiger partial charge in [-0.05, 0) is 11.1 Å². The third-order valence-electron chi connectivity index (χ3n) is 5.18. The summed E-state index contributed by atoms with van der Waals surface area (Å²) in [6, 6.07) is 8.71. The second kappa shape index (κ2) is 6.15. The Labute approximate surface area is 144 Å². The number of hydrogen-bond donors (Lipinski definition) is 0. The molecule has 1 saturated heterocycles. The third kappa shape index (κ3) is 3.49. The summed E-state index contributed by atoms with van der Waals surface area (Å²) in [4.78, 5) is 16.7. The van der Waals surface area contributed by atoms with E-state index in [4.69, 9.17) is 0 Å². The number of sulfone groups is 1. The molecule has 1 fully saturated rings. The molecule has 1 amide bonds. The average Bonchev–Trinajstić information content (AvgIpc) is 2.51. The lowest BCUT2D eigenvalue weighted by Crippen LogP contribution is -2.56. The Morgan fingerprint density at radius 2 is 1.96 bits per heavy atom. The van der Waals surface area contributed by atoms with E-state index in [1.807, 2.05) is 4.90 Å². The van der Waals surface area contributed by atoms with Crippen LogP contribution in [0.1, 0.15) is 37.4 Å². The van der Waals surface area contributed by atoms with Crippen LogP contribution in [0, 0.1) is 0 Å². The molecule has 24 heavy (non-hydrogen) atoms. The van der Waals surface area contributed by atoms with Crippen molar-refractivity contribution < 1.29 is 13.2 Å². The highest BCUT2D eigenvalue weighted by Crippen LogP contribution is 2.40. The van der Waals surface area contributed by atoms with Crippen molar-refractivity contribution in [3.8, 4) is 0 Å². The highest BCUT2D eigenvalue weighted by atomic mass is 32.2. The number of fused-ring (bicyclic) bond motifs is 3. The summed E-state index contributed by atoms with van der Waals surface area (Å²) in [5, 5.41) is 0. The number of amides is 1. The van der Waals surface area contributed by atoms with Crippen molar-refractivity contribution in [2.75, 3.05) is 38.2 Å². The fourth-order valence-corrected chi connectivity index (χ4v) is 4.50. The molecule has 6 heteroatoms. The van der Waals surface area contributed by atoms with Crippen LogP contribution < -0.4 is 0 Å². The molecule has 0 aliphatic carbocycles. The molecule has 1 aromatic rings. The van der Waals surface area contributed by atoms with Crippen LogP contribution in [0.15, 0.2) is 24.3 Å². The number of carbonyl (C=O) groups is 1. The van der Waals surface area contributed by atoms with Gasteiger partial charge in [-0.15, -0.1) is 0 Å². The van der Waals surface area contributed by atoms with Crippen LogP contribution in [-0.4, -0.2) is 62.3 Å². The molecule has 0 spiro atoms. The first-order valence-electron chi connectivity index (χ1n) is 8.46. The molecule has 0 aromatic heterocycles. The van der Waals surface area contributed by atoms with Crippen molar-refractivity contribution in [3.05, 3.63) is 35.4 Å². The Balaban J connectivity index is 1.78. The van der Waals surface area contributed by atoms with Crippen molar-refractivity contribution >= 4 is 15.7 Å². The standard InChI is InChI=1S/C18H26N2O3S/c1-18(2)13-20-10-9-19(17(21)8-11-24(3,22)23)12-16(20)14-6-4-5-7-15(14)18/h4-7,16H,8-13H2,1-3H3. The van der Waals surface area contributed by atoms with Crippen LogP contribution in [-0.2, 0) is 20.0 Å². The summed E-state index contributed by atoms with van der Waals surface area (Å²) in [7, 11) is -3.10. The largest absolute Gasteiger partial charge is 0.339 e. The quantitative estimate of drug-likeness (QED) is 0.831. The molecule has 2 aliphatic heterocycles. The van der Waals surface area contributed by atoms with E-state index in [9.17, 15) is 13.2 Å². The van der Waals surface area contributed by atoms with E-state index in [2.05, 4.69) is 43.0 Å². The Morgan fingerprint density at radius 1 is 1.25 bits per heavy atom. The van der Waals surface area contributed by atoms with Gasteiger partial charge in [-0.3, -0.25) is 9.69 Å². The molecule has 5 nitrogen and oxygen atoms in total. The smallest absolute Gasteiger partial charge is 0.223 e. The number of benzene rings is 1. The predicted molar refractivity (Wildman–Crippen MR) is 94.7 cm³/mol. The van der Waals surface area contributed by atoms with Crippen LogP contribution in [0.3, 0.4) is 0 Å². The number of nitrogens with zero attached hydrogens (tertiary/aromatic N) is 2. The van der Waals surface area contributed by atoms with E-state index in [-0.39, 0.29) is 29.5 Å². The summed E-state index contributed by atoms with van der Waals surface area (Å²) in [6.07, 6.45) is 1.26. The van der Waals surface area contributed by atoms with Crippen molar-refractivity contribution in [3.63, 3.8) is 0 Å². The lowest BCUT2D eigenvalue weighted by Gasteiger charge is -2.50. The third-order valence-corrected chi connectivity index (χ3v) is 6.12. The zero-order chi connectivity index (χ0) is 17.5. The molecule has 0 N–H and O–H groups in total. The van der Waals surface area contributed by atoms with Gasteiger partial charge in [0.25, 0.3) is 0 Å². The topological polar surface area (TPSA) is 57.7 Å². The monoisotopic (exact) mass is 350 g/mol. The van der Waals surface area contributed by atoms with E-state index < -0.39 is 9.84 Å². The van der Waals surface area contributed by atoms with Gasteiger partial charge in [0.1, 0.15) is 9.84 Å². The fraction of sp³-hybridized carbons (Fsp3) is 0.611. The molecule has 1 aromatic carbocycles. The molecule has 132 valence electrons. The van der Waals surface area contributed by atoms with E-state index in [0.29, 0.717) is 13.1 Å². The number of rotatable bonds is 3. The second-order valence-electron chi connectivity index (χ2n) is 7.68. The second-order valence-corrected chi connectivity index (χ2v) is 9.94. The summed E-state index contributed by atoms with van der Waals surface area (Å²) in [5.74, 6) is -0.122. The summed E-state index contributed by atoms with van der Waals surface area (Å²) in [5.41, 5.74) is 2.77. The zero-order valence-electron chi connectivity index (χ0n) is 14.7. The maximum atomic E-state index is 12.4. The van der Waals surface area contributed by atoms with E-state index >= 15 is 0 Å². The van der Waals surface area contributed by atoms with Gasteiger partial charge in [0.15, 0.2) is 0 Å². The van der Waals surface area contributed by atoms with Crippen molar-refractivity contribution in [2.24, 2.45) is 0 Å². The summed E-state index contributed by atoms with van der Waals surface area (Å²) < 4.78 is 22.6. The van der Waals surface area contributed by atoms with Crippen LogP contribution >= 0.6 is 0 Å². The SMILES string of the molecule is CC1(C)CN2CCN(C(=O)CCS(C)(=O)=O)CC2c2ccccc21. The zero-order valence-corrected chi connectivity index (χ0v) is 15.5. The van der Waals surface area contributed by atoms with Crippen molar-refractivity contribution in [1.82, 2.24) is 9.80 Å². The number of piperazine rings is 1. The minimum absolute atomic E-state index is 0.0533. The van der Waals surface area contributed by atoms with Gasteiger partial charge >= 0.3 is 0 Å². The lowest BCUT2D eigenvalue weighted by molar-refractivity contribution is -0.134. The first kappa shape index (κ1) is 17.4. The molecule has 3 rings (SSSR count). The van der Waals surface area contributed by atoms with E-state index in [1.54, 1.807) is 0 Å². The minimum Gasteiger partial charge on any atom is -0.339 e. The fourth-order valence-electron chi connectivity index (χ4n) is 3.96. The molecule has 0 radical (unpaired) electrons. The molecular formula is C18H26N2O3S. The first-order chi connectivity index (χ1) is 11.2. The molecule has 0 bridgehead atoms. The number of carbonyl (C=O) groups excluding carboxylic acids is 1. The number of hydrogen-bond acceptors (Lipinski definition) is 4. The predicted octanol–water partition coefficient (Wildman–Crippen LogP) is 1.60. The summed E-state index contributed by atoms with van der Waals surface area (Å²) >= 11 is 0. The van der Waals surface area contributed by atoms with Gasteiger partial charge in [-0.1, -0.05) is 38.1 Å². The van der Waals surface area contributed by atoms with Crippen LogP contribution in [0.25, 0.3) is 0 Å². The van der Waals surface area contributed by atoms with Crippen LogP contribution in [0.5, 0.6) is 0 Å². The maximum absolute atomic E-state index is 12.4. The molecule has 2 aliphatic rings. The summed E-state index contributed by atoms with van der Waals surface area (Å²) in [6.45, 7) is 7.69. The van der Waals surface area contributed by atoms with Crippen LogP contribution in [0.2, 0.25) is 0 Å². The van der Waals surface area contributed by atoms with Crippen molar-refractivity contribution in [2.45, 2.75) is 31.7 Å². The average molecular weight is 350 g/mol. The van der Waals surface area contributed by atoms with Crippen LogP contribution in [0.4, 0.5) is 0 Å². The minimum atomic E-state index is -3.10. The molecule has 1 unspecified atom stereocenters. The van der Waals surface area contributed by atoms with E-state index in [1.165, 1.54) is 17.4 Å². The maximum Gasteiger partial charge on any atom is 0.223 e. The van der Waals surface area contributed by atoms with Gasteiger partial charge in [0.2, 0.25) is 5.91 Å². The normalized spacial score (nSPS) is 23.5. The molecule has 0 saturated carbocycles. The Hall–Kier alpha value is -1.40. The Bertz CT molecular complexity index is 742. The van der Waals surface area contributed by atoms with E-state index in [0.717, 1.165) is 13.1 Å². The highest BCUT2D eigenvalue weighted by Gasteiger charge is 2.40. The van der Waals surface area contributed by atoms with Gasteiger partial charge in [0, 0.05) is 44.3 Å². The van der Waals surface area contributed by atoms with Gasteiger partial charge in [0.05, 0.1) is 11.8 Å². The lowest BCUT2D eigenvalue weighted by atomic mass is 9.75. The molecule has 1 atom stereocenters. The van der Waals surface area contributed by atoms with Gasteiger partial charge < -0.3 is 4.90 Å². The first-order valence-corrected chi connectivity index (χ1v) is 10.5. The molecule has 2 heterocycles. The van der Waals surface area contributed by atoms with Gasteiger partial charge in [-0.25, -0.2) is 8.42 Å². The van der Waals surface area contributed by atoms with Gasteiger partial charge in [-0.2, -0.15) is 0 Å². The molecular weight excluding hydrogens is 324 g/mol. The Morgan fingerprint density at radius 3 is 2.67 bits per heavy atom. The van der Waals surface area contributed by atoms with Crippen molar-refractivity contribution in [1.29, 1.82) is 0 Å². The Kier molecular flexibility index (Phi) is 4.47.